The van der Waals surface area contributed by atoms with Crippen LogP contribution >= 0.6 is 0 Å². The van der Waals surface area contributed by atoms with Gasteiger partial charge in [-0.25, -0.2) is 8.42 Å². The Morgan fingerprint density at radius 2 is 1.60 bits per heavy atom. The number of aliphatic hydroxyl groups is 1. The second-order valence-electron chi connectivity index (χ2n) is 6.72. The predicted octanol–water partition coefficient (Wildman–Crippen LogP) is 3.05. The van der Waals surface area contributed by atoms with Gasteiger partial charge in [0, 0.05) is 6.04 Å². The Balaban J connectivity index is 2.06. The maximum absolute atomic E-state index is 13.4. The number of piperidine rings is 1. The van der Waals surface area contributed by atoms with E-state index in [2.05, 4.69) is 4.90 Å². The van der Waals surface area contributed by atoms with Gasteiger partial charge in [0.15, 0.2) is 9.84 Å². The third kappa shape index (κ3) is 3.78. The first-order chi connectivity index (χ1) is 12.0. The standard InChI is InChI=1S/C20H25NO3S/c1-21-15-9-8-14-18(21)20(19(22)16-10-4-2-5-11-16)25(23,24)17-12-6-3-7-13-17/h2-7,10-13,18-20,22H,8-9,14-15H2,1H3/t18?,19-,20+/m1/s1. The van der Waals surface area contributed by atoms with Crippen LogP contribution in [0.4, 0.5) is 0 Å². The molecule has 0 radical (unpaired) electrons. The molecule has 2 aromatic carbocycles. The highest BCUT2D eigenvalue weighted by Gasteiger charge is 2.43. The zero-order valence-corrected chi connectivity index (χ0v) is 15.3. The molecule has 3 rings (SSSR count). The van der Waals surface area contributed by atoms with Crippen molar-refractivity contribution in [2.24, 2.45) is 0 Å². The molecule has 1 N–H and O–H groups in total. The van der Waals surface area contributed by atoms with E-state index < -0.39 is 21.2 Å². The molecular weight excluding hydrogens is 334 g/mol. The molecule has 1 aliphatic rings. The molecule has 2 aromatic rings. The molecule has 3 atom stereocenters. The van der Waals surface area contributed by atoms with Crippen LogP contribution in [0, 0.1) is 0 Å². The maximum Gasteiger partial charge on any atom is 0.185 e. The third-order valence-corrected chi connectivity index (χ3v) is 7.31. The van der Waals surface area contributed by atoms with Gasteiger partial charge in [-0.3, -0.25) is 0 Å². The zero-order chi connectivity index (χ0) is 17.9. The van der Waals surface area contributed by atoms with Gasteiger partial charge >= 0.3 is 0 Å². The number of hydrogen-bond acceptors (Lipinski definition) is 4. The van der Waals surface area contributed by atoms with E-state index in [1.807, 2.05) is 25.2 Å². The van der Waals surface area contributed by atoms with Gasteiger partial charge in [-0.15, -0.1) is 0 Å². The van der Waals surface area contributed by atoms with Crippen molar-refractivity contribution in [2.45, 2.75) is 41.6 Å². The maximum atomic E-state index is 13.4. The molecule has 0 amide bonds. The Morgan fingerprint density at radius 1 is 1.00 bits per heavy atom. The van der Waals surface area contributed by atoms with Crippen LogP contribution in [0.5, 0.6) is 0 Å². The van der Waals surface area contributed by atoms with E-state index in [9.17, 15) is 13.5 Å². The topological polar surface area (TPSA) is 57.6 Å². The summed E-state index contributed by atoms with van der Waals surface area (Å²) in [5.41, 5.74) is 0.644. The molecule has 5 heteroatoms. The van der Waals surface area contributed by atoms with Gasteiger partial charge in [-0.1, -0.05) is 55.0 Å². The summed E-state index contributed by atoms with van der Waals surface area (Å²) in [6, 6.07) is 17.4. The Labute approximate surface area is 150 Å². The summed E-state index contributed by atoms with van der Waals surface area (Å²) >= 11 is 0. The number of sulfone groups is 1. The van der Waals surface area contributed by atoms with E-state index >= 15 is 0 Å². The minimum absolute atomic E-state index is 0.200. The van der Waals surface area contributed by atoms with Gasteiger partial charge in [-0.05, 0) is 44.1 Å². The number of nitrogens with zero attached hydrogens (tertiary/aromatic N) is 1. The summed E-state index contributed by atoms with van der Waals surface area (Å²) in [6.45, 7) is 0.854. The first-order valence-electron chi connectivity index (χ1n) is 8.74. The fourth-order valence-corrected chi connectivity index (χ4v) is 5.81. The smallest absolute Gasteiger partial charge is 0.185 e. The SMILES string of the molecule is CN1CCCCC1[C@@H]([C@H](O)c1ccccc1)S(=O)(=O)c1ccccc1. The summed E-state index contributed by atoms with van der Waals surface area (Å²) < 4.78 is 26.8. The Morgan fingerprint density at radius 3 is 2.20 bits per heavy atom. The largest absolute Gasteiger partial charge is 0.387 e. The van der Waals surface area contributed by atoms with Crippen molar-refractivity contribution in [2.75, 3.05) is 13.6 Å². The van der Waals surface area contributed by atoms with E-state index in [0.29, 0.717) is 5.56 Å². The average Bonchev–Trinajstić information content (AvgIpc) is 2.65. The third-order valence-electron chi connectivity index (χ3n) is 5.09. The fraction of sp³-hybridized carbons (Fsp3) is 0.400. The average molecular weight is 359 g/mol. The zero-order valence-electron chi connectivity index (χ0n) is 14.5. The quantitative estimate of drug-likeness (QED) is 0.891. The van der Waals surface area contributed by atoms with Crippen LogP contribution in [-0.4, -0.2) is 43.3 Å². The van der Waals surface area contributed by atoms with Crippen LogP contribution in [0.1, 0.15) is 30.9 Å². The van der Waals surface area contributed by atoms with E-state index in [1.165, 1.54) is 0 Å². The van der Waals surface area contributed by atoms with Gasteiger partial charge in [0.25, 0.3) is 0 Å². The molecule has 1 unspecified atom stereocenters. The molecule has 0 spiro atoms. The normalized spacial score (nSPS) is 21.6. The minimum Gasteiger partial charge on any atom is -0.387 e. The molecule has 1 saturated heterocycles. The predicted molar refractivity (Wildman–Crippen MR) is 99.1 cm³/mol. The van der Waals surface area contributed by atoms with Gasteiger partial charge in [0.1, 0.15) is 5.25 Å². The second kappa shape index (κ2) is 7.68. The van der Waals surface area contributed by atoms with E-state index in [-0.39, 0.29) is 10.9 Å². The van der Waals surface area contributed by atoms with Gasteiger partial charge in [-0.2, -0.15) is 0 Å². The Bertz CT molecular complexity index is 777. The molecule has 0 saturated carbocycles. The van der Waals surface area contributed by atoms with Crippen molar-refractivity contribution in [3.8, 4) is 0 Å². The highest BCUT2D eigenvalue weighted by Crippen LogP contribution is 2.34. The highest BCUT2D eigenvalue weighted by molar-refractivity contribution is 7.92. The summed E-state index contributed by atoms with van der Waals surface area (Å²) in [6.07, 6.45) is 1.76. The number of rotatable bonds is 5. The Hall–Kier alpha value is -1.69. The molecular formula is C20H25NO3S. The number of benzene rings is 2. The summed E-state index contributed by atoms with van der Waals surface area (Å²) in [7, 11) is -1.72. The molecule has 25 heavy (non-hydrogen) atoms. The monoisotopic (exact) mass is 359 g/mol. The number of aliphatic hydroxyl groups excluding tert-OH is 1. The van der Waals surface area contributed by atoms with Crippen LogP contribution in [-0.2, 0) is 9.84 Å². The number of likely N-dealkylation sites (tertiary alicyclic amines) is 1. The van der Waals surface area contributed by atoms with Crippen molar-refractivity contribution in [3.05, 3.63) is 66.2 Å². The minimum atomic E-state index is -3.67. The van der Waals surface area contributed by atoms with Crippen LogP contribution in [0.15, 0.2) is 65.6 Å². The summed E-state index contributed by atoms with van der Waals surface area (Å²) in [4.78, 5) is 2.36. The molecule has 0 aromatic heterocycles. The van der Waals surface area contributed by atoms with Gasteiger partial charge in [0.2, 0.25) is 0 Å². The van der Waals surface area contributed by atoms with Crippen molar-refractivity contribution in [1.82, 2.24) is 4.90 Å². The lowest BCUT2D eigenvalue weighted by Gasteiger charge is -2.39. The van der Waals surface area contributed by atoms with Crippen LogP contribution in [0.3, 0.4) is 0 Å². The van der Waals surface area contributed by atoms with Crippen LogP contribution in [0.2, 0.25) is 0 Å². The van der Waals surface area contributed by atoms with Crippen molar-refractivity contribution in [3.63, 3.8) is 0 Å². The van der Waals surface area contributed by atoms with E-state index in [0.717, 1.165) is 25.8 Å². The van der Waals surface area contributed by atoms with E-state index in [4.69, 9.17) is 0 Å². The highest BCUT2D eigenvalue weighted by atomic mass is 32.2. The second-order valence-corrected chi connectivity index (χ2v) is 8.83. The number of hydrogen-bond donors (Lipinski definition) is 1. The lowest BCUT2D eigenvalue weighted by Crippen LogP contribution is -2.50. The molecule has 0 aliphatic carbocycles. The first kappa shape index (κ1) is 18.1. The molecule has 1 fully saturated rings. The van der Waals surface area contributed by atoms with Crippen molar-refractivity contribution >= 4 is 9.84 Å². The molecule has 1 aliphatic heterocycles. The van der Waals surface area contributed by atoms with Crippen molar-refractivity contribution in [1.29, 1.82) is 0 Å². The Kier molecular flexibility index (Phi) is 5.57. The van der Waals surface area contributed by atoms with Gasteiger partial charge in [0.05, 0.1) is 11.0 Å². The summed E-state index contributed by atoms with van der Waals surface area (Å²) in [5, 5.41) is 10.2. The fourth-order valence-electron chi connectivity index (χ4n) is 3.71. The lowest BCUT2D eigenvalue weighted by atomic mass is 9.94. The van der Waals surface area contributed by atoms with Crippen LogP contribution in [0.25, 0.3) is 0 Å². The molecule has 1 heterocycles. The lowest BCUT2D eigenvalue weighted by molar-refractivity contribution is 0.0983. The first-order valence-corrected chi connectivity index (χ1v) is 10.3. The van der Waals surface area contributed by atoms with Crippen LogP contribution < -0.4 is 0 Å². The summed E-state index contributed by atoms with van der Waals surface area (Å²) in [5.74, 6) is 0. The molecule has 4 nitrogen and oxygen atoms in total. The molecule has 0 bridgehead atoms. The van der Waals surface area contributed by atoms with Gasteiger partial charge < -0.3 is 10.0 Å². The molecule has 134 valence electrons. The van der Waals surface area contributed by atoms with E-state index in [1.54, 1.807) is 42.5 Å². The van der Waals surface area contributed by atoms with Crippen molar-refractivity contribution < 1.29 is 13.5 Å².